The van der Waals surface area contributed by atoms with Crippen LogP contribution in [0.15, 0.2) is 18.2 Å². The fraction of sp³-hybridized carbons (Fsp3) is 0.364. The average molecular weight is 233 g/mol. The molecule has 0 saturated carbocycles. The van der Waals surface area contributed by atoms with Gasteiger partial charge in [0.15, 0.2) is 0 Å². The molecule has 0 radical (unpaired) electrons. The lowest BCUT2D eigenvalue weighted by molar-refractivity contribution is 0.261. The molecule has 0 spiro atoms. The summed E-state index contributed by atoms with van der Waals surface area (Å²) in [7, 11) is 4.00. The molecule has 0 fully saturated rings. The van der Waals surface area contributed by atoms with Crippen LogP contribution in [0.3, 0.4) is 0 Å². The maximum Gasteiger partial charge on any atom is 0.240 e. The van der Waals surface area contributed by atoms with E-state index < -0.39 is 0 Å². The number of nitrogen functional groups attached to an aromatic ring is 1. The number of ether oxygens (including phenoxy) is 1. The zero-order valence-corrected chi connectivity index (χ0v) is 9.92. The molecule has 0 unspecified atom stereocenters. The molecule has 0 aliphatic carbocycles. The van der Waals surface area contributed by atoms with Crippen molar-refractivity contribution in [3.8, 4) is 5.75 Å². The minimum absolute atomic E-state index is 0.169. The summed E-state index contributed by atoms with van der Waals surface area (Å²) in [5, 5.41) is 7.62. The van der Waals surface area contributed by atoms with E-state index in [0.717, 1.165) is 12.3 Å². The fourth-order valence-corrected chi connectivity index (χ4v) is 1.36. The van der Waals surface area contributed by atoms with Crippen molar-refractivity contribution < 1.29 is 4.74 Å². The topological polar surface area (TPSA) is 77.2 Å². The van der Waals surface area contributed by atoms with E-state index in [4.69, 9.17) is 10.5 Å². The zero-order valence-electron chi connectivity index (χ0n) is 9.92. The lowest BCUT2D eigenvalue weighted by atomic mass is 10.3. The largest absolute Gasteiger partial charge is 0.492 e. The summed E-state index contributed by atoms with van der Waals surface area (Å²) in [6, 6.07) is 5.49. The van der Waals surface area contributed by atoms with Crippen molar-refractivity contribution in [1.29, 1.82) is 0 Å². The first kappa shape index (κ1) is 11.5. The number of rotatable bonds is 4. The molecule has 0 atom stereocenters. The third-order valence-corrected chi connectivity index (χ3v) is 2.25. The van der Waals surface area contributed by atoms with Crippen molar-refractivity contribution in [3.63, 3.8) is 0 Å². The number of hydrogen-bond acceptors (Lipinski definition) is 6. The van der Waals surface area contributed by atoms with E-state index in [9.17, 15) is 0 Å². The van der Waals surface area contributed by atoms with Crippen molar-refractivity contribution in [1.82, 2.24) is 20.1 Å². The van der Waals surface area contributed by atoms with Crippen LogP contribution >= 0.6 is 0 Å². The molecule has 6 heteroatoms. The van der Waals surface area contributed by atoms with E-state index in [1.54, 1.807) is 0 Å². The highest BCUT2D eigenvalue weighted by molar-refractivity contribution is 5.75. The Morgan fingerprint density at radius 1 is 1.24 bits per heavy atom. The van der Waals surface area contributed by atoms with E-state index >= 15 is 0 Å². The van der Waals surface area contributed by atoms with Crippen LogP contribution in [0.25, 0.3) is 11.0 Å². The number of likely N-dealkylation sites (N-methyl/N-ethyl adjacent to an activating group) is 1. The molecule has 2 aromatic rings. The number of nitrogens with two attached hydrogens (primary N) is 1. The number of benzene rings is 1. The Labute approximate surface area is 99.4 Å². The number of aromatic nitrogens is 3. The highest BCUT2D eigenvalue weighted by Gasteiger charge is 2.01. The molecule has 1 heterocycles. The van der Waals surface area contributed by atoms with Crippen LogP contribution in [0, 0.1) is 0 Å². The van der Waals surface area contributed by atoms with Gasteiger partial charge in [-0.25, -0.2) is 4.98 Å². The minimum atomic E-state index is 0.169. The molecule has 0 amide bonds. The molecular weight excluding hydrogens is 218 g/mol. The first-order valence-corrected chi connectivity index (χ1v) is 5.32. The number of hydrogen-bond donors (Lipinski definition) is 1. The molecule has 0 saturated heterocycles. The van der Waals surface area contributed by atoms with Crippen LogP contribution < -0.4 is 10.5 Å². The Hall–Kier alpha value is -1.95. The highest BCUT2D eigenvalue weighted by atomic mass is 16.5. The Morgan fingerprint density at radius 2 is 2.06 bits per heavy atom. The van der Waals surface area contributed by atoms with Crippen molar-refractivity contribution >= 4 is 17.0 Å². The van der Waals surface area contributed by atoms with Crippen LogP contribution in [-0.4, -0.2) is 47.3 Å². The first-order chi connectivity index (χ1) is 8.15. The van der Waals surface area contributed by atoms with Gasteiger partial charge < -0.3 is 15.4 Å². The molecular formula is C11H15N5O. The summed E-state index contributed by atoms with van der Waals surface area (Å²) in [4.78, 5) is 6.15. The second-order valence-corrected chi connectivity index (χ2v) is 3.97. The molecule has 90 valence electrons. The first-order valence-electron chi connectivity index (χ1n) is 5.32. The smallest absolute Gasteiger partial charge is 0.240 e. The molecule has 1 aromatic heterocycles. The lowest BCUT2D eigenvalue weighted by Crippen LogP contribution is -2.19. The molecule has 2 rings (SSSR count). The Bertz CT molecular complexity index is 514. The normalized spacial score (nSPS) is 11.0. The van der Waals surface area contributed by atoms with Crippen molar-refractivity contribution in [2.75, 3.05) is 33.0 Å². The summed E-state index contributed by atoms with van der Waals surface area (Å²) in [6.07, 6.45) is 0. The third-order valence-electron chi connectivity index (χ3n) is 2.25. The lowest BCUT2D eigenvalue weighted by Gasteiger charge is -2.11. The second-order valence-electron chi connectivity index (χ2n) is 3.97. The van der Waals surface area contributed by atoms with Gasteiger partial charge in [-0.05, 0) is 26.2 Å². The standard InChI is InChI=1S/C11H15N5O/c1-16(2)5-6-17-8-3-4-9-10(7-8)13-11(12)15-14-9/h3-4,7H,5-6H2,1-2H3,(H2,12,13,15). The molecule has 6 nitrogen and oxygen atoms in total. The van der Waals surface area contributed by atoms with E-state index in [1.165, 1.54) is 0 Å². The van der Waals surface area contributed by atoms with Gasteiger partial charge in [0.1, 0.15) is 17.9 Å². The molecule has 0 aliphatic heterocycles. The van der Waals surface area contributed by atoms with Crippen molar-refractivity contribution in [2.24, 2.45) is 0 Å². The van der Waals surface area contributed by atoms with Crippen LogP contribution in [-0.2, 0) is 0 Å². The Morgan fingerprint density at radius 3 is 2.82 bits per heavy atom. The van der Waals surface area contributed by atoms with Gasteiger partial charge >= 0.3 is 0 Å². The summed E-state index contributed by atoms with van der Waals surface area (Å²) in [5.41, 5.74) is 6.88. The van der Waals surface area contributed by atoms with E-state index in [-0.39, 0.29) is 5.95 Å². The second kappa shape index (κ2) is 4.92. The van der Waals surface area contributed by atoms with Crippen LogP contribution in [0.5, 0.6) is 5.75 Å². The summed E-state index contributed by atoms with van der Waals surface area (Å²) >= 11 is 0. The monoisotopic (exact) mass is 233 g/mol. The van der Waals surface area contributed by atoms with Gasteiger partial charge in [0.25, 0.3) is 0 Å². The third kappa shape index (κ3) is 3.01. The maximum atomic E-state index is 5.59. The van der Waals surface area contributed by atoms with Crippen molar-refractivity contribution in [3.05, 3.63) is 18.2 Å². The zero-order chi connectivity index (χ0) is 12.3. The Balaban J connectivity index is 2.13. The molecule has 2 N–H and O–H groups in total. The van der Waals surface area contributed by atoms with Crippen molar-refractivity contribution in [2.45, 2.75) is 0 Å². The van der Waals surface area contributed by atoms with E-state index in [2.05, 4.69) is 20.1 Å². The van der Waals surface area contributed by atoms with Gasteiger partial charge in [0.2, 0.25) is 5.95 Å². The van der Waals surface area contributed by atoms with Gasteiger partial charge in [-0.1, -0.05) is 0 Å². The van der Waals surface area contributed by atoms with Gasteiger partial charge in [-0.3, -0.25) is 0 Å². The average Bonchev–Trinajstić information content (AvgIpc) is 2.28. The summed E-state index contributed by atoms with van der Waals surface area (Å²) in [6.45, 7) is 1.49. The van der Waals surface area contributed by atoms with Crippen LogP contribution in [0.4, 0.5) is 5.95 Å². The summed E-state index contributed by atoms with van der Waals surface area (Å²) < 4.78 is 5.59. The molecule has 1 aromatic carbocycles. The molecule has 17 heavy (non-hydrogen) atoms. The SMILES string of the molecule is CN(C)CCOc1ccc2nnc(N)nc2c1. The van der Waals surface area contributed by atoms with E-state index in [0.29, 0.717) is 17.6 Å². The van der Waals surface area contributed by atoms with Gasteiger partial charge in [0.05, 0.1) is 5.52 Å². The summed E-state index contributed by atoms with van der Waals surface area (Å²) in [5.74, 6) is 0.933. The molecule has 0 aliphatic rings. The van der Waals surface area contributed by atoms with Gasteiger partial charge in [-0.15, -0.1) is 10.2 Å². The van der Waals surface area contributed by atoms with Gasteiger partial charge in [-0.2, -0.15) is 0 Å². The van der Waals surface area contributed by atoms with Crippen LogP contribution in [0.2, 0.25) is 0 Å². The highest BCUT2D eigenvalue weighted by Crippen LogP contribution is 2.17. The maximum absolute atomic E-state index is 5.59. The molecule has 0 bridgehead atoms. The Kier molecular flexibility index (Phi) is 3.34. The van der Waals surface area contributed by atoms with E-state index in [1.807, 2.05) is 32.3 Å². The predicted octanol–water partition coefficient (Wildman–Crippen LogP) is 0.547. The predicted molar refractivity (Wildman–Crippen MR) is 65.8 cm³/mol. The van der Waals surface area contributed by atoms with Gasteiger partial charge in [0, 0.05) is 12.6 Å². The number of anilines is 1. The van der Waals surface area contributed by atoms with Crippen LogP contribution in [0.1, 0.15) is 0 Å². The fourth-order valence-electron chi connectivity index (χ4n) is 1.36. The number of fused-ring (bicyclic) bond motifs is 1. The quantitative estimate of drug-likeness (QED) is 0.830. The number of nitrogens with zero attached hydrogens (tertiary/aromatic N) is 4. The minimum Gasteiger partial charge on any atom is -0.492 e.